The number of rotatable bonds is 6. The minimum absolute atomic E-state index is 0.0408. The van der Waals surface area contributed by atoms with Crippen LogP contribution in [0.1, 0.15) is 27.2 Å². The van der Waals surface area contributed by atoms with Crippen LogP contribution in [0.25, 0.3) is 0 Å². The van der Waals surface area contributed by atoms with Crippen molar-refractivity contribution < 1.29 is 19.5 Å². The largest absolute Gasteiger partial charge is 0.481 e. The fourth-order valence-corrected chi connectivity index (χ4v) is 1.99. The molecule has 2 amide bonds. The van der Waals surface area contributed by atoms with E-state index < -0.39 is 12.0 Å². The highest BCUT2D eigenvalue weighted by atomic mass is 16.4. The predicted octanol–water partition coefficient (Wildman–Crippen LogP) is -0.578. The number of carbonyl (C=O) groups is 3. The Morgan fingerprint density at radius 3 is 2.65 bits per heavy atom. The van der Waals surface area contributed by atoms with Crippen molar-refractivity contribution >= 4 is 17.8 Å². The molecule has 1 aliphatic heterocycles. The summed E-state index contributed by atoms with van der Waals surface area (Å²) in [6.45, 7) is 6.89. The van der Waals surface area contributed by atoms with Crippen LogP contribution in [0.15, 0.2) is 0 Å². The molecular weight excluding hydrogens is 262 g/mol. The minimum atomic E-state index is -1.05. The Balaban J connectivity index is 2.60. The lowest BCUT2D eigenvalue weighted by molar-refractivity contribution is -0.144. The number of amides is 2. The first-order chi connectivity index (χ1) is 9.31. The van der Waals surface area contributed by atoms with Gasteiger partial charge in [0.2, 0.25) is 11.8 Å². The van der Waals surface area contributed by atoms with E-state index in [1.165, 1.54) is 0 Å². The predicted molar refractivity (Wildman–Crippen MR) is 73.1 cm³/mol. The van der Waals surface area contributed by atoms with Gasteiger partial charge in [0.1, 0.15) is 6.04 Å². The Morgan fingerprint density at radius 2 is 2.10 bits per heavy atom. The van der Waals surface area contributed by atoms with Crippen LogP contribution < -0.4 is 10.6 Å². The van der Waals surface area contributed by atoms with Crippen LogP contribution in [0, 0.1) is 5.92 Å². The molecule has 0 radical (unpaired) electrons. The summed E-state index contributed by atoms with van der Waals surface area (Å²) >= 11 is 0. The summed E-state index contributed by atoms with van der Waals surface area (Å²) in [4.78, 5) is 36.1. The van der Waals surface area contributed by atoms with Gasteiger partial charge in [0.15, 0.2) is 0 Å². The second kappa shape index (κ2) is 7.23. The molecule has 0 bridgehead atoms. The number of nitrogens with one attached hydrogen (secondary N) is 2. The van der Waals surface area contributed by atoms with Gasteiger partial charge in [0, 0.05) is 19.1 Å². The molecule has 7 heteroatoms. The number of hydrogen-bond donors (Lipinski definition) is 3. The van der Waals surface area contributed by atoms with Gasteiger partial charge in [-0.2, -0.15) is 0 Å². The highest BCUT2D eigenvalue weighted by molar-refractivity contribution is 5.87. The molecule has 1 rings (SSSR count). The third kappa shape index (κ3) is 4.80. The number of carbonyl (C=O) groups excluding carboxylic acids is 2. The molecule has 20 heavy (non-hydrogen) atoms. The Kier molecular flexibility index (Phi) is 5.94. The van der Waals surface area contributed by atoms with Crippen LogP contribution in [0.3, 0.4) is 0 Å². The van der Waals surface area contributed by atoms with Crippen LogP contribution in [-0.2, 0) is 14.4 Å². The molecule has 0 aromatic carbocycles. The van der Waals surface area contributed by atoms with Gasteiger partial charge in [0.25, 0.3) is 0 Å². The molecular formula is C13H23N3O4. The van der Waals surface area contributed by atoms with Gasteiger partial charge in [-0.1, -0.05) is 13.8 Å². The van der Waals surface area contributed by atoms with Crippen LogP contribution in [0.5, 0.6) is 0 Å². The molecule has 2 unspecified atom stereocenters. The minimum Gasteiger partial charge on any atom is -0.481 e. The van der Waals surface area contributed by atoms with Gasteiger partial charge in [-0.05, 0) is 12.8 Å². The smallest absolute Gasteiger partial charge is 0.305 e. The first-order valence-electron chi connectivity index (χ1n) is 6.84. The monoisotopic (exact) mass is 285 g/mol. The Morgan fingerprint density at radius 1 is 1.45 bits per heavy atom. The summed E-state index contributed by atoms with van der Waals surface area (Å²) in [6, 6.07) is -0.736. The number of aliphatic carboxylic acids is 1. The van der Waals surface area contributed by atoms with Gasteiger partial charge < -0.3 is 15.7 Å². The second-order valence-corrected chi connectivity index (χ2v) is 5.48. The van der Waals surface area contributed by atoms with Crippen molar-refractivity contribution in [2.75, 3.05) is 19.6 Å². The van der Waals surface area contributed by atoms with E-state index in [1.807, 2.05) is 20.8 Å². The van der Waals surface area contributed by atoms with Crippen molar-refractivity contribution in [3.8, 4) is 0 Å². The lowest BCUT2D eigenvalue weighted by atomic mass is 10.1. The highest BCUT2D eigenvalue weighted by Crippen LogP contribution is 2.09. The molecule has 1 aliphatic rings. The normalized spacial score (nSPS) is 21.4. The Hall–Kier alpha value is -1.63. The van der Waals surface area contributed by atoms with E-state index >= 15 is 0 Å². The fraction of sp³-hybridized carbons (Fsp3) is 0.769. The molecule has 0 spiro atoms. The Bertz CT molecular complexity index is 384. The second-order valence-electron chi connectivity index (χ2n) is 5.48. The number of nitrogens with zero attached hydrogens (tertiary/aromatic N) is 1. The van der Waals surface area contributed by atoms with Crippen LogP contribution in [-0.4, -0.2) is 59.5 Å². The molecule has 0 aromatic heterocycles. The summed E-state index contributed by atoms with van der Waals surface area (Å²) in [7, 11) is 0. The van der Waals surface area contributed by atoms with Crippen molar-refractivity contribution in [1.82, 2.24) is 15.5 Å². The van der Waals surface area contributed by atoms with E-state index in [2.05, 4.69) is 10.6 Å². The third-order valence-corrected chi connectivity index (χ3v) is 3.54. The topological polar surface area (TPSA) is 98.7 Å². The van der Waals surface area contributed by atoms with E-state index in [-0.39, 0.29) is 30.8 Å². The summed E-state index contributed by atoms with van der Waals surface area (Å²) in [5.41, 5.74) is 0. The van der Waals surface area contributed by atoms with Crippen molar-refractivity contribution in [2.45, 2.75) is 39.3 Å². The maximum absolute atomic E-state index is 11.9. The van der Waals surface area contributed by atoms with E-state index in [0.29, 0.717) is 19.0 Å². The van der Waals surface area contributed by atoms with Crippen LogP contribution in [0.4, 0.5) is 0 Å². The molecule has 0 saturated carbocycles. The molecule has 2 atom stereocenters. The zero-order chi connectivity index (χ0) is 15.3. The highest BCUT2D eigenvalue weighted by Gasteiger charge is 2.32. The summed E-state index contributed by atoms with van der Waals surface area (Å²) in [5, 5.41) is 14.3. The first kappa shape index (κ1) is 16.4. The van der Waals surface area contributed by atoms with Gasteiger partial charge in [-0.15, -0.1) is 0 Å². The maximum Gasteiger partial charge on any atom is 0.305 e. The van der Waals surface area contributed by atoms with Gasteiger partial charge in [-0.25, -0.2) is 0 Å². The first-order valence-corrected chi connectivity index (χ1v) is 6.84. The molecule has 0 aliphatic carbocycles. The molecule has 3 N–H and O–H groups in total. The van der Waals surface area contributed by atoms with Crippen molar-refractivity contribution in [3.63, 3.8) is 0 Å². The number of piperazine rings is 1. The van der Waals surface area contributed by atoms with E-state index in [4.69, 9.17) is 5.11 Å². The quantitative estimate of drug-likeness (QED) is 0.606. The third-order valence-electron chi connectivity index (χ3n) is 3.54. The van der Waals surface area contributed by atoms with Crippen LogP contribution in [0.2, 0.25) is 0 Å². The lowest BCUT2D eigenvalue weighted by Crippen LogP contribution is -2.58. The molecule has 0 aromatic rings. The maximum atomic E-state index is 11.9. The molecule has 7 nitrogen and oxygen atoms in total. The fourth-order valence-electron chi connectivity index (χ4n) is 1.99. The number of carboxylic acid groups (broad SMARTS) is 1. The lowest BCUT2D eigenvalue weighted by Gasteiger charge is -2.34. The van der Waals surface area contributed by atoms with Crippen molar-refractivity contribution in [3.05, 3.63) is 0 Å². The van der Waals surface area contributed by atoms with E-state index in [0.717, 1.165) is 0 Å². The summed E-state index contributed by atoms with van der Waals surface area (Å²) < 4.78 is 0. The average molecular weight is 285 g/mol. The molecule has 1 heterocycles. The van der Waals surface area contributed by atoms with Gasteiger partial charge in [0.05, 0.1) is 13.0 Å². The van der Waals surface area contributed by atoms with E-state index in [1.54, 1.807) is 4.90 Å². The molecule has 1 fully saturated rings. The van der Waals surface area contributed by atoms with Crippen molar-refractivity contribution in [1.29, 1.82) is 0 Å². The van der Waals surface area contributed by atoms with E-state index in [9.17, 15) is 14.4 Å². The Labute approximate surface area is 118 Å². The van der Waals surface area contributed by atoms with Crippen molar-refractivity contribution in [2.24, 2.45) is 5.92 Å². The SMILES string of the molecule is CC(C)C(C)NC(=O)CN1CCNC(=O)C1CC(=O)O. The number of carboxylic acids is 1. The van der Waals surface area contributed by atoms with Gasteiger partial charge >= 0.3 is 5.97 Å². The summed E-state index contributed by atoms with van der Waals surface area (Å²) in [6.07, 6.45) is -0.293. The molecule has 1 saturated heterocycles. The average Bonchev–Trinajstić information content (AvgIpc) is 2.32. The number of hydrogen-bond acceptors (Lipinski definition) is 4. The van der Waals surface area contributed by atoms with Gasteiger partial charge in [-0.3, -0.25) is 19.3 Å². The zero-order valence-electron chi connectivity index (χ0n) is 12.2. The van der Waals surface area contributed by atoms with Crippen LogP contribution >= 0.6 is 0 Å². The zero-order valence-corrected chi connectivity index (χ0v) is 12.2. The molecule has 114 valence electrons. The summed E-state index contributed by atoms with van der Waals surface area (Å²) in [5.74, 6) is -1.24. The standard InChI is InChI=1S/C13H23N3O4/c1-8(2)9(3)15-11(17)7-16-5-4-14-13(20)10(16)6-12(18)19/h8-10H,4-7H2,1-3H3,(H,14,20)(H,15,17)(H,18,19).